The van der Waals surface area contributed by atoms with Crippen LogP contribution in [0.25, 0.3) is 11.0 Å². The molecule has 26 heavy (non-hydrogen) atoms. The summed E-state index contributed by atoms with van der Waals surface area (Å²) in [5.41, 5.74) is 3.37. The van der Waals surface area contributed by atoms with Gasteiger partial charge in [-0.3, -0.25) is 4.79 Å². The van der Waals surface area contributed by atoms with E-state index in [1.807, 2.05) is 61.3 Å². The number of carbonyl (C=O) groups excluding carboxylic acids is 1. The molecule has 0 saturated carbocycles. The third-order valence-electron chi connectivity index (χ3n) is 4.72. The minimum atomic E-state index is 0.00252. The Kier molecular flexibility index (Phi) is 5.21. The van der Waals surface area contributed by atoms with Crippen molar-refractivity contribution in [1.82, 2.24) is 19.9 Å². The molecule has 0 aliphatic rings. The standard InChI is InChI=1S/C20H24N4O2/c1-5-18(14-7-10-16(26-4)11-8-14)24(6-2)20(25)15-9-12-19-17(13-15)21-22-23(19)3/h7-13,18H,5-6H2,1-4H3/t18-/m1/s1. The lowest BCUT2D eigenvalue weighted by molar-refractivity contribution is 0.0683. The lowest BCUT2D eigenvalue weighted by Crippen LogP contribution is -2.34. The summed E-state index contributed by atoms with van der Waals surface area (Å²) >= 11 is 0. The van der Waals surface area contributed by atoms with Crippen LogP contribution in [0.4, 0.5) is 0 Å². The molecule has 2 aromatic carbocycles. The van der Waals surface area contributed by atoms with Gasteiger partial charge in [0.15, 0.2) is 0 Å². The average Bonchev–Trinajstić information content (AvgIpc) is 3.06. The highest BCUT2D eigenvalue weighted by atomic mass is 16.5. The van der Waals surface area contributed by atoms with Crippen LogP contribution >= 0.6 is 0 Å². The summed E-state index contributed by atoms with van der Waals surface area (Å²) < 4.78 is 6.94. The first-order valence-electron chi connectivity index (χ1n) is 8.83. The van der Waals surface area contributed by atoms with Crippen LogP contribution in [0.1, 0.15) is 42.2 Å². The number of aromatic nitrogens is 3. The zero-order valence-corrected chi connectivity index (χ0v) is 15.6. The molecule has 0 saturated heterocycles. The van der Waals surface area contributed by atoms with Gasteiger partial charge < -0.3 is 9.64 Å². The quantitative estimate of drug-likeness (QED) is 0.680. The number of aryl methyl sites for hydroxylation is 1. The zero-order chi connectivity index (χ0) is 18.7. The van der Waals surface area contributed by atoms with E-state index in [4.69, 9.17) is 4.74 Å². The number of rotatable bonds is 6. The SMILES string of the molecule is CC[C@H](c1ccc(OC)cc1)N(CC)C(=O)c1ccc2c(c1)nnn2C. The van der Waals surface area contributed by atoms with Gasteiger partial charge in [0.25, 0.3) is 5.91 Å². The van der Waals surface area contributed by atoms with E-state index in [9.17, 15) is 4.79 Å². The number of amides is 1. The highest BCUT2D eigenvalue weighted by Gasteiger charge is 2.24. The molecule has 0 bridgehead atoms. The van der Waals surface area contributed by atoms with Crippen LogP contribution in [0.15, 0.2) is 42.5 Å². The number of hydrogen-bond donors (Lipinski definition) is 0. The number of methoxy groups -OCH3 is 1. The van der Waals surface area contributed by atoms with Crippen LogP contribution < -0.4 is 4.74 Å². The summed E-state index contributed by atoms with van der Waals surface area (Å²) in [6.45, 7) is 4.73. The minimum absolute atomic E-state index is 0.00252. The van der Waals surface area contributed by atoms with E-state index in [1.165, 1.54) is 0 Å². The molecule has 0 aliphatic heterocycles. The van der Waals surface area contributed by atoms with Crippen molar-refractivity contribution in [1.29, 1.82) is 0 Å². The van der Waals surface area contributed by atoms with Crippen molar-refractivity contribution in [2.75, 3.05) is 13.7 Å². The summed E-state index contributed by atoms with van der Waals surface area (Å²) in [6, 6.07) is 13.5. The maximum atomic E-state index is 13.2. The van der Waals surface area contributed by atoms with Crippen molar-refractivity contribution in [2.45, 2.75) is 26.3 Å². The Morgan fingerprint density at radius 3 is 2.54 bits per heavy atom. The highest BCUT2D eigenvalue weighted by Crippen LogP contribution is 2.28. The first kappa shape index (κ1) is 17.9. The summed E-state index contributed by atoms with van der Waals surface area (Å²) in [4.78, 5) is 15.1. The third kappa shape index (κ3) is 3.27. The molecule has 6 heteroatoms. The van der Waals surface area contributed by atoms with Gasteiger partial charge in [0, 0.05) is 19.2 Å². The summed E-state index contributed by atoms with van der Waals surface area (Å²) in [6.07, 6.45) is 0.833. The van der Waals surface area contributed by atoms with Crippen LogP contribution in [-0.2, 0) is 7.05 Å². The Morgan fingerprint density at radius 1 is 1.19 bits per heavy atom. The monoisotopic (exact) mass is 352 g/mol. The van der Waals surface area contributed by atoms with Crippen molar-refractivity contribution in [3.8, 4) is 5.75 Å². The molecule has 3 rings (SSSR count). The van der Waals surface area contributed by atoms with E-state index in [0.717, 1.165) is 28.8 Å². The Hall–Kier alpha value is -2.89. The lowest BCUT2D eigenvalue weighted by Gasteiger charge is -2.31. The molecular formula is C20H24N4O2. The van der Waals surface area contributed by atoms with Crippen molar-refractivity contribution < 1.29 is 9.53 Å². The number of hydrogen-bond acceptors (Lipinski definition) is 4. The largest absolute Gasteiger partial charge is 0.497 e. The van der Waals surface area contributed by atoms with Gasteiger partial charge in [-0.1, -0.05) is 24.3 Å². The van der Waals surface area contributed by atoms with Crippen molar-refractivity contribution in [3.05, 3.63) is 53.6 Å². The van der Waals surface area contributed by atoms with Crippen LogP contribution in [-0.4, -0.2) is 39.5 Å². The molecule has 1 aromatic heterocycles. The maximum absolute atomic E-state index is 13.2. The summed E-state index contributed by atoms with van der Waals surface area (Å²) in [5, 5.41) is 8.12. The maximum Gasteiger partial charge on any atom is 0.254 e. The number of benzene rings is 2. The van der Waals surface area contributed by atoms with Crippen molar-refractivity contribution in [3.63, 3.8) is 0 Å². The topological polar surface area (TPSA) is 60.2 Å². The first-order chi connectivity index (χ1) is 12.6. The number of nitrogens with zero attached hydrogens (tertiary/aromatic N) is 4. The molecule has 3 aromatic rings. The number of ether oxygens (including phenoxy) is 1. The first-order valence-corrected chi connectivity index (χ1v) is 8.83. The highest BCUT2D eigenvalue weighted by molar-refractivity contribution is 5.97. The molecule has 0 spiro atoms. The molecular weight excluding hydrogens is 328 g/mol. The summed E-state index contributed by atoms with van der Waals surface area (Å²) in [7, 11) is 3.49. The third-order valence-corrected chi connectivity index (χ3v) is 4.72. The molecule has 1 amide bonds. The Morgan fingerprint density at radius 2 is 1.92 bits per heavy atom. The molecule has 0 aliphatic carbocycles. The smallest absolute Gasteiger partial charge is 0.254 e. The van der Waals surface area contributed by atoms with Gasteiger partial charge in [0.1, 0.15) is 11.3 Å². The van der Waals surface area contributed by atoms with Gasteiger partial charge >= 0.3 is 0 Å². The second-order valence-electron chi connectivity index (χ2n) is 6.20. The predicted octanol–water partition coefficient (Wildman–Crippen LogP) is 3.59. The van der Waals surface area contributed by atoms with E-state index in [-0.39, 0.29) is 11.9 Å². The van der Waals surface area contributed by atoms with Crippen molar-refractivity contribution >= 4 is 16.9 Å². The van der Waals surface area contributed by atoms with E-state index < -0.39 is 0 Å². The minimum Gasteiger partial charge on any atom is -0.497 e. The van der Waals surface area contributed by atoms with Gasteiger partial charge in [-0.25, -0.2) is 4.68 Å². The Bertz CT molecular complexity index is 902. The number of carbonyl (C=O) groups is 1. The van der Waals surface area contributed by atoms with Gasteiger partial charge in [0.2, 0.25) is 0 Å². The Balaban J connectivity index is 1.91. The van der Waals surface area contributed by atoms with E-state index in [2.05, 4.69) is 17.2 Å². The predicted molar refractivity (Wildman–Crippen MR) is 101 cm³/mol. The van der Waals surface area contributed by atoms with Gasteiger partial charge in [-0.15, -0.1) is 5.10 Å². The zero-order valence-electron chi connectivity index (χ0n) is 15.6. The molecule has 0 fully saturated rings. The van der Waals surface area contributed by atoms with Crippen LogP contribution in [0, 0.1) is 0 Å². The fourth-order valence-electron chi connectivity index (χ4n) is 3.31. The lowest BCUT2D eigenvalue weighted by atomic mass is 10.0. The molecule has 136 valence electrons. The molecule has 0 radical (unpaired) electrons. The van der Waals surface area contributed by atoms with Gasteiger partial charge in [-0.05, 0) is 49.2 Å². The van der Waals surface area contributed by atoms with Crippen LogP contribution in [0.2, 0.25) is 0 Å². The second kappa shape index (κ2) is 7.56. The van der Waals surface area contributed by atoms with Crippen LogP contribution in [0.3, 0.4) is 0 Å². The fourth-order valence-corrected chi connectivity index (χ4v) is 3.31. The van der Waals surface area contributed by atoms with Gasteiger partial charge in [0.05, 0.1) is 18.7 Å². The number of fused-ring (bicyclic) bond motifs is 1. The molecule has 0 unspecified atom stereocenters. The Labute approximate surface area is 153 Å². The fraction of sp³-hybridized carbons (Fsp3) is 0.350. The van der Waals surface area contributed by atoms with Gasteiger partial charge in [-0.2, -0.15) is 0 Å². The molecule has 1 heterocycles. The van der Waals surface area contributed by atoms with Crippen LogP contribution in [0.5, 0.6) is 5.75 Å². The summed E-state index contributed by atoms with van der Waals surface area (Å²) in [5.74, 6) is 0.814. The van der Waals surface area contributed by atoms with E-state index in [1.54, 1.807) is 11.8 Å². The van der Waals surface area contributed by atoms with Crippen molar-refractivity contribution in [2.24, 2.45) is 7.05 Å². The molecule has 6 nitrogen and oxygen atoms in total. The molecule has 0 N–H and O–H groups in total. The average molecular weight is 352 g/mol. The van der Waals surface area contributed by atoms with E-state index in [0.29, 0.717) is 12.1 Å². The van der Waals surface area contributed by atoms with E-state index >= 15 is 0 Å². The molecule has 1 atom stereocenters. The normalized spacial score (nSPS) is 12.2. The second-order valence-corrected chi connectivity index (χ2v) is 6.20.